The van der Waals surface area contributed by atoms with Crippen molar-refractivity contribution >= 4 is 33.3 Å². The number of hydrogen-bond acceptors (Lipinski definition) is 2. The van der Waals surface area contributed by atoms with Crippen LogP contribution >= 0.6 is 27.3 Å². The molecule has 0 N–H and O–H groups in total. The van der Waals surface area contributed by atoms with Crippen LogP contribution in [0.25, 0.3) is 6.08 Å². The minimum absolute atomic E-state index is 0.796. The van der Waals surface area contributed by atoms with Crippen LogP contribution < -0.4 is 0 Å². The first kappa shape index (κ1) is 13.3. The summed E-state index contributed by atoms with van der Waals surface area (Å²) in [5, 5.41) is 2.18. The van der Waals surface area contributed by atoms with Gasteiger partial charge in [0.15, 0.2) is 0 Å². The summed E-state index contributed by atoms with van der Waals surface area (Å²) in [5.41, 5.74) is 2.75. The number of aromatic nitrogens is 1. The average molecular weight is 314 g/mol. The Balaban J connectivity index is 2.19. The van der Waals surface area contributed by atoms with Crippen molar-refractivity contribution in [2.24, 2.45) is 5.92 Å². The number of hydrogen-bond donors (Lipinski definition) is 0. The van der Waals surface area contributed by atoms with E-state index in [4.69, 9.17) is 0 Å². The second-order valence-electron chi connectivity index (χ2n) is 4.87. The maximum Gasteiger partial charge on any atom is 0.0903 e. The molecule has 1 nitrogen and oxygen atoms in total. The van der Waals surface area contributed by atoms with Gasteiger partial charge >= 0.3 is 0 Å². The van der Waals surface area contributed by atoms with E-state index in [1.807, 2.05) is 11.3 Å². The molecule has 1 saturated carbocycles. The van der Waals surface area contributed by atoms with Crippen molar-refractivity contribution in [3.8, 4) is 0 Å². The summed E-state index contributed by atoms with van der Waals surface area (Å²) in [6.07, 6.45) is 9.34. The van der Waals surface area contributed by atoms with Crippen molar-refractivity contribution in [3.63, 3.8) is 0 Å². The topological polar surface area (TPSA) is 12.9 Å². The van der Waals surface area contributed by atoms with Crippen molar-refractivity contribution in [1.29, 1.82) is 0 Å². The number of alkyl halides is 1. The molecule has 0 atom stereocenters. The Morgan fingerprint density at radius 2 is 2.06 bits per heavy atom. The summed E-state index contributed by atoms with van der Waals surface area (Å²) in [7, 11) is 0. The molecular weight excluding hydrogens is 294 g/mol. The van der Waals surface area contributed by atoms with Gasteiger partial charge in [-0.25, -0.2) is 4.98 Å². The Labute approximate surface area is 116 Å². The highest BCUT2D eigenvalue weighted by molar-refractivity contribution is 9.09. The zero-order chi connectivity index (χ0) is 12.3. The zero-order valence-electron chi connectivity index (χ0n) is 10.6. The van der Waals surface area contributed by atoms with Gasteiger partial charge in [-0.2, -0.15) is 0 Å². The normalized spacial score (nSPS) is 18.6. The molecule has 1 aliphatic rings. The van der Waals surface area contributed by atoms with Gasteiger partial charge in [-0.3, -0.25) is 0 Å². The fourth-order valence-corrected chi connectivity index (χ4v) is 4.11. The first-order chi connectivity index (χ1) is 8.20. The Kier molecular flexibility index (Phi) is 4.80. The third kappa shape index (κ3) is 3.41. The molecule has 1 aliphatic carbocycles. The minimum Gasteiger partial charge on any atom is -0.246 e. The van der Waals surface area contributed by atoms with Gasteiger partial charge < -0.3 is 0 Å². The number of thiazole rings is 1. The molecule has 1 aromatic rings. The average Bonchev–Trinajstić information content (AvgIpc) is 2.66. The molecule has 0 aliphatic heterocycles. The van der Waals surface area contributed by atoms with E-state index in [-0.39, 0.29) is 0 Å². The molecule has 0 bridgehead atoms. The Hall–Kier alpha value is -0.150. The fourth-order valence-electron chi connectivity index (χ4n) is 2.59. The van der Waals surface area contributed by atoms with E-state index >= 15 is 0 Å². The van der Waals surface area contributed by atoms with Crippen molar-refractivity contribution in [1.82, 2.24) is 4.98 Å². The predicted octanol–water partition coefficient (Wildman–Crippen LogP) is 5.12. The van der Waals surface area contributed by atoms with Crippen LogP contribution in [0, 0.1) is 19.8 Å². The lowest BCUT2D eigenvalue weighted by Crippen LogP contribution is -2.10. The molecule has 17 heavy (non-hydrogen) atoms. The highest BCUT2D eigenvalue weighted by atomic mass is 79.9. The van der Waals surface area contributed by atoms with E-state index in [1.165, 1.54) is 47.7 Å². The van der Waals surface area contributed by atoms with Crippen LogP contribution in [0.2, 0.25) is 0 Å². The van der Waals surface area contributed by atoms with Crippen molar-refractivity contribution in [3.05, 3.63) is 21.2 Å². The van der Waals surface area contributed by atoms with Crippen LogP contribution in [0.4, 0.5) is 0 Å². The molecule has 3 heteroatoms. The van der Waals surface area contributed by atoms with Gasteiger partial charge in [-0.05, 0) is 38.7 Å². The molecule has 0 radical (unpaired) electrons. The highest BCUT2D eigenvalue weighted by Gasteiger charge is 2.17. The van der Waals surface area contributed by atoms with Crippen LogP contribution in [-0.4, -0.2) is 10.3 Å². The van der Waals surface area contributed by atoms with E-state index in [0.717, 1.165) is 11.2 Å². The first-order valence-electron chi connectivity index (χ1n) is 6.41. The quantitative estimate of drug-likeness (QED) is 0.706. The van der Waals surface area contributed by atoms with E-state index in [0.29, 0.717) is 0 Å². The number of nitrogens with zero attached hydrogens (tertiary/aromatic N) is 1. The summed E-state index contributed by atoms with van der Waals surface area (Å²) < 4.78 is 0. The van der Waals surface area contributed by atoms with E-state index < -0.39 is 0 Å². The maximum absolute atomic E-state index is 4.50. The zero-order valence-corrected chi connectivity index (χ0v) is 13.0. The van der Waals surface area contributed by atoms with Crippen LogP contribution in [0.5, 0.6) is 0 Å². The molecule has 0 amide bonds. The second-order valence-corrected chi connectivity index (χ2v) is 6.67. The van der Waals surface area contributed by atoms with E-state index in [1.54, 1.807) is 5.57 Å². The van der Waals surface area contributed by atoms with Crippen LogP contribution in [0.15, 0.2) is 5.57 Å². The summed E-state index contributed by atoms with van der Waals surface area (Å²) in [5.74, 6) is 0.796. The predicted molar refractivity (Wildman–Crippen MR) is 79.9 cm³/mol. The van der Waals surface area contributed by atoms with Gasteiger partial charge in [-0.1, -0.05) is 40.8 Å². The number of aryl methyl sites for hydroxylation is 2. The molecule has 1 heterocycles. The van der Waals surface area contributed by atoms with Gasteiger partial charge in [0.2, 0.25) is 0 Å². The lowest BCUT2D eigenvalue weighted by Gasteiger charge is -2.23. The number of rotatable bonds is 3. The van der Waals surface area contributed by atoms with Gasteiger partial charge in [-0.15, -0.1) is 11.3 Å². The van der Waals surface area contributed by atoms with Crippen molar-refractivity contribution in [2.75, 3.05) is 5.33 Å². The molecule has 0 unspecified atom stereocenters. The molecule has 0 spiro atoms. The molecule has 1 aromatic heterocycles. The van der Waals surface area contributed by atoms with Gasteiger partial charge in [0, 0.05) is 5.33 Å². The lowest BCUT2D eigenvalue weighted by molar-refractivity contribution is 0.405. The second kappa shape index (κ2) is 6.14. The maximum atomic E-state index is 4.50. The monoisotopic (exact) mass is 313 g/mol. The summed E-state index contributed by atoms with van der Waals surface area (Å²) in [6, 6.07) is 0. The summed E-state index contributed by atoms with van der Waals surface area (Å²) in [4.78, 5) is 5.85. The minimum atomic E-state index is 0.796. The molecule has 94 valence electrons. The highest BCUT2D eigenvalue weighted by Crippen LogP contribution is 2.33. The SMILES string of the molecule is Cc1nc(C)c(C=C(CBr)C2CCCCC2)s1. The number of halogens is 1. The standard InChI is InChI=1S/C14H20BrNS/c1-10-14(17-11(2)16-10)8-13(9-15)12-6-4-3-5-7-12/h8,12H,3-7,9H2,1-2H3. The van der Waals surface area contributed by atoms with Crippen LogP contribution in [0.3, 0.4) is 0 Å². The van der Waals surface area contributed by atoms with E-state index in [9.17, 15) is 0 Å². The third-order valence-corrected chi connectivity index (χ3v) is 5.21. The molecule has 0 aromatic carbocycles. The van der Waals surface area contributed by atoms with Crippen molar-refractivity contribution < 1.29 is 0 Å². The van der Waals surface area contributed by atoms with E-state index in [2.05, 4.69) is 40.8 Å². The third-order valence-electron chi connectivity index (χ3n) is 3.54. The molecule has 0 saturated heterocycles. The number of allylic oxidation sites excluding steroid dienone is 1. The summed E-state index contributed by atoms with van der Waals surface area (Å²) in [6.45, 7) is 4.20. The molecule has 2 rings (SSSR count). The first-order valence-corrected chi connectivity index (χ1v) is 8.35. The smallest absolute Gasteiger partial charge is 0.0903 e. The van der Waals surface area contributed by atoms with Gasteiger partial charge in [0.25, 0.3) is 0 Å². The molecular formula is C14H20BrNS. The summed E-state index contributed by atoms with van der Waals surface area (Å²) >= 11 is 5.47. The Bertz CT molecular complexity index is 402. The molecule has 1 fully saturated rings. The van der Waals surface area contributed by atoms with Crippen LogP contribution in [0.1, 0.15) is 47.7 Å². The van der Waals surface area contributed by atoms with Crippen molar-refractivity contribution in [2.45, 2.75) is 46.0 Å². The van der Waals surface area contributed by atoms with Gasteiger partial charge in [0.1, 0.15) is 0 Å². The Morgan fingerprint density at radius 1 is 1.35 bits per heavy atom. The largest absolute Gasteiger partial charge is 0.246 e. The fraction of sp³-hybridized carbons (Fsp3) is 0.643. The Morgan fingerprint density at radius 3 is 2.59 bits per heavy atom. The van der Waals surface area contributed by atoms with Crippen LogP contribution in [-0.2, 0) is 0 Å². The van der Waals surface area contributed by atoms with Gasteiger partial charge in [0.05, 0.1) is 15.6 Å². The lowest BCUT2D eigenvalue weighted by atomic mass is 9.84.